The normalized spacial score (nSPS) is 11.1. The summed E-state index contributed by atoms with van der Waals surface area (Å²) in [7, 11) is 1.57. The van der Waals surface area contributed by atoms with Crippen molar-refractivity contribution in [3.05, 3.63) is 58.1 Å². The highest BCUT2D eigenvalue weighted by Crippen LogP contribution is 2.24. The van der Waals surface area contributed by atoms with Crippen LogP contribution in [0.4, 0.5) is 5.69 Å². The zero-order valence-electron chi connectivity index (χ0n) is 13.0. The molecule has 0 bridgehead atoms. The zero-order valence-corrected chi connectivity index (χ0v) is 13.0. The minimum absolute atomic E-state index is 0.194. The van der Waals surface area contributed by atoms with E-state index in [0.717, 1.165) is 11.1 Å². The van der Waals surface area contributed by atoms with Crippen molar-refractivity contribution in [2.45, 2.75) is 19.8 Å². The second-order valence-electron chi connectivity index (χ2n) is 5.13. The second kappa shape index (κ2) is 7.78. The predicted molar refractivity (Wildman–Crippen MR) is 90.5 cm³/mol. The van der Waals surface area contributed by atoms with Gasteiger partial charge < -0.3 is 25.8 Å². The van der Waals surface area contributed by atoms with Crippen LogP contribution in [0.1, 0.15) is 27.8 Å². The fraction of sp³-hybridized carbons (Fsp3) is 0.222. The Labute approximate surface area is 135 Å². The standard InChI is InChI=1S/C18H21NO4/c1-23-18-5-4-12(8-17(18)19)2-3-13-6-14(9-20)16(11-22)15(7-13)10-21/h2-8,20-22H,9-11,19H2,1H3. The van der Waals surface area contributed by atoms with E-state index in [-0.39, 0.29) is 19.8 Å². The number of aliphatic hydroxyl groups excluding tert-OH is 3. The molecule has 0 amide bonds. The molecule has 5 nitrogen and oxygen atoms in total. The first-order valence-electron chi connectivity index (χ1n) is 7.21. The van der Waals surface area contributed by atoms with Crippen LogP contribution in [0.2, 0.25) is 0 Å². The van der Waals surface area contributed by atoms with Gasteiger partial charge in [0.25, 0.3) is 0 Å². The maximum atomic E-state index is 9.43. The summed E-state index contributed by atoms with van der Waals surface area (Å²) in [5.41, 5.74) is 9.94. The summed E-state index contributed by atoms with van der Waals surface area (Å²) in [6.07, 6.45) is 3.74. The lowest BCUT2D eigenvalue weighted by Gasteiger charge is -2.11. The molecule has 0 unspecified atom stereocenters. The number of hydrogen-bond acceptors (Lipinski definition) is 5. The van der Waals surface area contributed by atoms with Crippen molar-refractivity contribution >= 4 is 17.8 Å². The van der Waals surface area contributed by atoms with Crippen LogP contribution >= 0.6 is 0 Å². The maximum absolute atomic E-state index is 9.43. The van der Waals surface area contributed by atoms with Crippen molar-refractivity contribution in [3.63, 3.8) is 0 Å². The highest BCUT2D eigenvalue weighted by molar-refractivity contribution is 5.73. The number of benzene rings is 2. The molecule has 0 atom stereocenters. The van der Waals surface area contributed by atoms with Crippen molar-refractivity contribution in [1.29, 1.82) is 0 Å². The summed E-state index contributed by atoms with van der Waals surface area (Å²) < 4.78 is 5.12. The third-order valence-corrected chi connectivity index (χ3v) is 3.68. The third-order valence-electron chi connectivity index (χ3n) is 3.68. The predicted octanol–water partition coefficient (Wildman–Crippen LogP) is 1.92. The molecule has 0 aliphatic rings. The van der Waals surface area contributed by atoms with E-state index in [1.165, 1.54) is 0 Å². The topological polar surface area (TPSA) is 95.9 Å². The number of ether oxygens (including phenoxy) is 1. The highest BCUT2D eigenvalue weighted by Gasteiger charge is 2.08. The van der Waals surface area contributed by atoms with Crippen LogP contribution in [0.15, 0.2) is 30.3 Å². The molecule has 0 aliphatic heterocycles. The summed E-state index contributed by atoms with van der Waals surface area (Å²) in [6, 6.07) is 9.05. The molecule has 0 saturated heterocycles. The molecule has 23 heavy (non-hydrogen) atoms. The Morgan fingerprint density at radius 3 is 2.00 bits per heavy atom. The number of anilines is 1. The minimum Gasteiger partial charge on any atom is -0.495 e. The van der Waals surface area contributed by atoms with Crippen LogP contribution in [-0.4, -0.2) is 22.4 Å². The number of nitrogens with two attached hydrogens (primary N) is 1. The van der Waals surface area contributed by atoms with E-state index in [4.69, 9.17) is 10.5 Å². The second-order valence-corrected chi connectivity index (χ2v) is 5.13. The van der Waals surface area contributed by atoms with Crippen molar-refractivity contribution in [3.8, 4) is 5.75 Å². The molecular weight excluding hydrogens is 294 g/mol. The summed E-state index contributed by atoms with van der Waals surface area (Å²) >= 11 is 0. The quantitative estimate of drug-likeness (QED) is 0.482. The van der Waals surface area contributed by atoms with E-state index >= 15 is 0 Å². The molecule has 0 spiro atoms. The van der Waals surface area contributed by atoms with Crippen LogP contribution in [0.3, 0.4) is 0 Å². The Kier molecular flexibility index (Phi) is 5.76. The Balaban J connectivity index is 2.34. The Bertz CT molecular complexity index is 685. The molecule has 2 aromatic rings. The molecule has 0 fully saturated rings. The van der Waals surface area contributed by atoms with Gasteiger partial charge in [0.2, 0.25) is 0 Å². The monoisotopic (exact) mass is 315 g/mol. The van der Waals surface area contributed by atoms with Crippen molar-refractivity contribution < 1.29 is 20.1 Å². The minimum atomic E-state index is -0.217. The first kappa shape index (κ1) is 17.0. The van der Waals surface area contributed by atoms with Crippen LogP contribution in [-0.2, 0) is 19.8 Å². The largest absolute Gasteiger partial charge is 0.495 e. The fourth-order valence-electron chi connectivity index (χ4n) is 2.45. The van der Waals surface area contributed by atoms with E-state index < -0.39 is 0 Å². The molecule has 122 valence electrons. The van der Waals surface area contributed by atoms with Gasteiger partial charge in [-0.2, -0.15) is 0 Å². The molecule has 0 heterocycles. The average molecular weight is 315 g/mol. The molecule has 0 radical (unpaired) electrons. The molecule has 0 saturated carbocycles. The van der Waals surface area contributed by atoms with Crippen LogP contribution in [0, 0.1) is 0 Å². The summed E-state index contributed by atoms with van der Waals surface area (Å²) in [6.45, 7) is -0.606. The van der Waals surface area contributed by atoms with E-state index in [2.05, 4.69) is 0 Å². The van der Waals surface area contributed by atoms with Crippen molar-refractivity contribution in [1.82, 2.24) is 0 Å². The van der Waals surface area contributed by atoms with Crippen molar-refractivity contribution in [2.75, 3.05) is 12.8 Å². The van der Waals surface area contributed by atoms with Gasteiger partial charge in [-0.3, -0.25) is 0 Å². The van der Waals surface area contributed by atoms with E-state index in [1.54, 1.807) is 31.4 Å². The number of aliphatic hydroxyl groups is 3. The van der Waals surface area contributed by atoms with E-state index in [0.29, 0.717) is 28.1 Å². The van der Waals surface area contributed by atoms with Gasteiger partial charge in [-0.1, -0.05) is 18.2 Å². The first-order valence-corrected chi connectivity index (χ1v) is 7.21. The molecule has 2 aromatic carbocycles. The van der Waals surface area contributed by atoms with Gasteiger partial charge in [0.05, 0.1) is 32.6 Å². The van der Waals surface area contributed by atoms with Crippen LogP contribution in [0.5, 0.6) is 5.75 Å². The Morgan fingerprint density at radius 1 is 0.913 bits per heavy atom. The Morgan fingerprint density at radius 2 is 1.52 bits per heavy atom. The van der Waals surface area contributed by atoms with Crippen LogP contribution < -0.4 is 10.5 Å². The molecule has 2 rings (SSSR count). The van der Waals surface area contributed by atoms with Crippen molar-refractivity contribution in [2.24, 2.45) is 0 Å². The molecular formula is C18H21NO4. The van der Waals surface area contributed by atoms with Gasteiger partial charge in [0.15, 0.2) is 0 Å². The number of hydrogen-bond donors (Lipinski definition) is 4. The lowest BCUT2D eigenvalue weighted by Crippen LogP contribution is -2.01. The SMILES string of the molecule is COc1ccc(C=Cc2cc(CO)c(CO)c(CO)c2)cc1N. The van der Waals surface area contributed by atoms with Gasteiger partial charge in [0.1, 0.15) is 5.75 Å². The smallest absolute Gasteiger partial charge is 0.141 e. The van der Waals surface area contributed by atoms with E-state index in [9.17, 15) is 15.3 Å². The highest BCUT2D eigenvalue weighted by atomic mass is 16.5. The lowest BCUT2D eigenvalue weighted by atomic mass is 9.98. The summed E-state index contributed by atoms with van der Waals surface area (Å²) in [4.78, 5) is 0. The Hall–Kier alpha value is -2.34. The van der Waals surface area contributed by atoms with Gasteiger partial charge in [0, 0.05) is 0 Å². The van der Waals surface area contributed by atoms with E-state index in [1.807, 2.05) is 18.2 Å². The van der Waals surface area contributed by atoms with Gasteiger partial charge in [-0.15, -0.1) is 0 Å². The number of rotatable bonds is 6. The number of nitrogen functional groups attached to an aromatic ring is 1. The molecule has 0 aromatic heterocycles. The zero-order chi connectivity index (χ0) is 16.8. The van der Waals surface area contributed by atoms with Gasteiger partial charge >= 0.3 is 0 Å². The molecule has 5 N–H and O–H groups in total. The summed E-state index contributed by atoms with van der Waals surface area (Å²) in [5, 5.41) is 28.2. The van der Waals surface area contributed by atoms with Crippen LogP contribution in [0.25, 0.3) is 12.2 Å². The molecule has 5 heteroatoms. The third kappa shape index (κ3) is 3.90. The molecule has 0 aliphatic carbocycles. The van der Waals surface area contributed by atoms with Gasteiger partial charge in [-0.25, -0.2) is 0 Å². The van der Waals surface area contributed by atoms with Gasteiger partial charge in [-0.05, 0) is 52.1 Å². The maximum Gasteiger partial charge on any atom is 0.141 e. The summed E-state index contributed by atoms with van der Waals surface area (Å²) in [5.74, 6) is 0.625. The lowest BCUT2D eigenvalue weighted by molar-refractivity contribution is 0.247. The number of methoxy groups -OCH3 is 1. The fourth-order valence-corrected chi connectivity index (χ4v) is 2.45. The first-order chi connectivity index (χ1) is 11.1. The average Bonchev–Trinajstić information content (AvgIpc) is 2.58.